The Bertz CT molecular complexity index is 1890. The molecule has 0 amide bonds. The molecule has 0 saturated carbocycles. The molecular weight excluding hydrogens is 526 g/mol. The lowest BCUT2D eigenvalue weighted by Gasteiger charge is -2.10. The van der Waals surface area contributed by atoms with E-state index >= 15 is 0 Å². The van der Waals surface area contributed by atoms with Crippen LogP contribution in [-0.2, 0) is 6.54 Å². The normalized spacial score (nSPS) is 12.2. The van der Waals surface area contributed by atoms with E-state index in [9.17, 15) is 10.4 Å². The smallest absolute Gasteiger partial charge is 0.170 e. The lowest BCUT2D eigenvalue weighted by atomic mass is 9.98. The highest BCUT2D eigenvalue weighted by molar-refractivity contribution is 6.11. The lowest BCUT2D eigenvalue weighted by Crippen LogP contribution is -2.12. The number of rotatable bonds is 7. The molecule has 0 aliphatic heterocycles. The van der Waals surface area contributed by atoms with Crippen LogP contribution < -0.4 is 16.2 Å². The van der Waals surface area contributed by atoms with Gasteiger partial charge in [0.2, 0.25) is 0 Å². The number of fused-ring (bicyclic) bond motifs is 3. The maximum Gasteiger partial charge on any atom is 0.170 e. The summed E-state index contributed by atoms with van der Waals surface area (Å²) in [4.78, 5) is 0. The quantitative estimate of drug-likeness (QED) is 0.0786. The molecule has 6 N–H and O–H groups in total. The summed E-state index contributed by atoms with van der Waals surface area (Å²) in [6.07, 6.45) is 0. The second-order valence-electron chi connectivity index (χ2n) is 10.0. The van der Waals surface area contributed by atoms with Gasteiger partial charge in [-0.2, -0.15) is 0 Å². The van der Waals surface area contributed by atoms with Crippen molar-refractivity contribution in [3.05, 3.63) is 126 Å². The molecule has 1 aromatic heterocycles. The van der Waals surface area contributed by atoms with Gasteiger partial charge in [0.1, 0.15) is 5.75 Å². The molecule has 0 unspecified atom stereocenters. The molecule has 0 aliphatic rings. The molecule has 8 heteroatoms. The zero-order valence-corrected chi connectivity index (χ0v) is 22.9. The molecule has 0 fully saturated rings. The highest BCUT2D eigenvalue weighted by Crippen LogP contribution is 2.36. The van der Waals surface area contributed by atoms with Crippen molar-refractivity contribution in [1.82, 2.24) is 4.57 Å². The number of hydrogen-bond acceptors (Lipinski definition) is 5. The Hall–Kier alpha value is -5.76. The van der Waals surface area contributed by atoms with Crippen LogP contribution in [0.4, 0.5) is 0 Å². The van der Waals surface area contributed by atoms with Crippen molar-refractivity contribution in [2.75, 3.05) is 7.11 Å². The molecule has 6 rings (SSSR count). The molecule has 0 aliphatic carbocycles. The highest BCUT2D eigenvalue weighted by atomic mass is 16.5. The first-order chi connectivity index (χ1) is 20.5. The molecule has 6 aromatic rings. The number of nitrogens with two attached hydrogens (primary N) is 2. The Morgan fingerprint density at radius 3 is 1.64 bits per heavy atom. The van der Waals surface area contributed by atoms with E-state index in [2.05, 4.69) is 63.4 Å². The van der Waals surface area contributed by atoms with Crippen LogP contribution in [0, 0.1) is 0 Å². The van der Waals surface area contributed by atoms with Crippen LogP contribution in [-0.4, -0.2) is 33.8 Å². The third-order valence-corrected chi connectivity index (χ3v) is 7.54. The van der Waals surface area contributed by atoms with Crippen LogP contribution in [0.5, 0.6) is 5.75 Å². The van der Waals surface area contributed by atoms with E-state index in [1.54, 1.807) is 7.11 Å². The van der Waals surface area contributed by atoms with Crippen molar-refractivity contribution in [3.8, 4) is 28.0 Å². The summed E-state index contributed by atoms with van der Waals surface area (Å²) >= 11 is 0. The van der Waals surface area contributed by atoms with Crippen LogP contribution in [0.1, 0.15) is 16.7 Å². The van der Waals surface area contributed by atoms with Crippen LogP contribution in [0.25, 0.3) is 44.1 Å². The summed E-state index contributed by atoms with van der Waals surface area (Å²) in [7, 11) is 1.67. The fourth-order valence-electron chi connectivity index (χ4n) is 5.42. The molecule has 208 valence electrons. The largest absolute Gasteiger partial charge is 0.497 e. The fraction of sp³-hybridized carbons (Fsp3) is 0.0588. The number of hydrogen-bond donors (Lipinski definition) is 4. The SMILES string of the molecule is COc1cccc(Cn2c3ccc(-c4cccc(/C(N)=N/O)c4)cc3c3cc(-c4cccc(/C(N)=N/O)c4)ccc32)c1. The van der Waals surface area contributed by atoms with E-state index in [1.807, 2.05) is 60.7 Å². The predicted octanol–water partition coefficient (Wildman–Crippen LogP) is 6.37. The monoisotopic (exact) mass is 555 g/mol. The van der Waals surface area contributed by atoms with Crippen LogP contribution in [0.3, 0.4) is 0 Å². The van der Waals surface area contributed by atoms with Gasteiger partial charge in [-0.1, -0.05) is 71.0 Å². The summed E-state index contributed by atoms with van der Waals surface area (Å²) in [5.41, 5.74) is 20.3. The maximum atomic E-state index is 9.17. The number of benzene rings is 5. The summed E-state index contributed by atoms with van der Waals surface area (Å²) in [5, 5.41) is 26.8. The van der Waals surface area contributed by atoms with Gasteiger partial charge < -0.3 is 31.2 Å². The third-order valence-electron chi connectivity index (χ3n) is 7.54. The van der Waals surface area contributed by atoms with Gasteiger partial charge >= 0.3 is 0 Å². The maximum absolute atomic E-state index is 9.17. The van der Waals surface area contributed by atoms with E-state index in [0.29, 0.717) is 17.7 Å². The molecule has 0 radical (unpaired) electrons. The lowest BCUT2D eigenvalue weighted by molar-refractivity contribution is 0.318. The topological polar surface area (TPSA) is 131 Å². The number of methoxy groups -OCH3 is 1. The van der Waals surface area contributed by atoms with Crippen molar-refractivity contribution >= 4 is 33.5 Å². The van der Waals surface area contributed by atoms with Crippen molar-refractivity contribution in [3.63, 3.8) is 0 Å². The molecule has 1 heterocycles. The van der Waals surface area contributed by atoms with Crippen molar-refractivity contribution < 1.29 is 15.2 Å². The Kier molecular flexibility index (Phi) is 6.94. The number of ether oxygens (including phenoxy) is 1. The van der Waals surface area contributed by atoms with Gasteiger partial charge in [0.25, 0.3) is 0 Å². The van der Waals surface area contributed by atoms with Gasteiger partial charge in [0.05, 0.1) is 7.11 Å². The Balaban J connectivity index is 1.55. The van der Waals surface area contributed by atoms with Crippen LogP contribution >= 0.6 is 0 Å². The van der Waals surface area contributed by atoms with Crippen LogP contribution in [0.15, 0.2) is 120 Å². The summed E-state index contributed by atoms with van der Waals surface area (Å²) in [5.74, 6) is 0.937. The molecule has 0 bridgehead atoms. The molecule has 8 nitrogen and oxygen atoms in total. The van der Waals surface area contributed by atoms with Gasteiger partial charge in [0, 0.05) is 39.5 Å². The molecule has 0 saturated heterocycles. The molecule has 42 heavy (non-hydrogen) atoms. The van der Waals surface area contributed by atoms with E-state index < -0.39 is 0 Å². The third kappa shape index (κ3) is 4.86. The number of nitrogens with zero attached hydrogens (tertiary/aromatic N) is 3. The predicted molar refractivity (Wildman–Crippen MR) is 167 cm³/mol. The minimum Gasteiger partial charge on any atom is -0.497 e. The average molecular weight is 556 g/mol. The van der Waals surface area contributed by atoms with Crippen molar-refractivity contribution in [2.45, 2.75) is 6.54 Å². The molecule has 0 spiro atoms. The molecule has 0 atom stereocenters. The fourth-order valence-corrected chi connectivity index (χ4v) is 5.42. The van der Waals surface area contributed by atoms with Crippen molar-refractivity contribution in [1.29, 1.82) is 0 Å². The van der Waals surface area contributed by atoms with Crippen molar-refractivity contribution in [2.24, 2.45) is 21.8 Å². The number of oxime groups is 2. The van der Waals surface area contributed by atoms with Gasteiger partial charge in [-0.05, 0) is 76.3 Å². The summed E-state index contributed by atoms with van der Waals surface area (Å²) in [6, 6.07) is 36.2. The van der Waals surface area contributed by atoms with Crippen LogP contribution in [0.2, 0.25) is 0 Å². The van der Waals surface area contributed by atoms with Gasteiger partial charge in [-0.25, -0.2) is 0 Å². The van der Waals surface area contributed by atoms with E-state index in [-0.39, 0.29) is 11.7 Å². The highest BCUT2D eigenvalue weighted by Gasteiger charge is 2.15. The minimum absolute atomic E-state index is 0.0616. The Labute approximate surface area is 242 Å². The summed E-state index contributed by atoms with van der Waals surface area (Å²) < 4.78 is 7.78. The average Bonchev–Trinajstić information content (AvgIpc) is 3.35. The molecule has 5 aromatic carbocycles. The van der Waals surface area contributed by atoms with Gasteiger partial charge in [-0.3, -0.25) is 0 Å². The first kappa shape index (κ1) is 26.5. The second-order valence-corrected chi connectivity index (χ2v) is 10.0. The van der Waals surface area contributed by atoms with Gasteiger partial charge in [-0.15, -0.1) is 0 Å². The number of aromatic nitrogens is 1. The zero-order valence-electron chi connectivity index (χ0n) is 22.9. The summed E-state index contributed by atoms with van der Waals surface area (Å²) in [6.45, 7) is 0.661. The number of amidine groups is 2. The minimum atomic E-state index is 0.0616. The van der Waals surface area contributed by atoms with Gasteiger partial charge in [0.15, 0.2) is 11.7 Å². The first-order valence-electron chi connectivity index (χ1n) is 13.3. The standard InChI is InChI=1S/C34H29N5O3/c1-42-28-10-2-5-21(15-28)20-39-31-13-11-24(22-6-3-8-26(16-22)33(35)37-40)18-29(31)30-19-25(12-14-32(30)39)23-7-4-9-27(17-23)34(36)38-41/h2-19,40-41H,20H2,1H3,(H2,35,37)(H2,36,38). The first-order valence-corrected chi connectivity index (χ1v) is 13.3. The van der Waals surface area contributed by atoms with E-state index in [1.165, 1.54) is 0 Å². The second kappa shape index (κ2) is 11.0. The Morgan fingerprint density at radius 1 is 0.643 bits per heavy atom. The van der Waals surface area contributed by atoms with E-state index in [0.717, 1.165) is 55.4 Å². The van der Waals surface area contributed by atoms with E-state index in [4.69, 9.17) is 16.2 Å². The molecular formula is C34H29N5O3. The zero-order chi connectivity index (χ0) is 29.2. The Morgan fingerprint density at radius 2 is 1.14 bits per heavy atom.